The quantitative estimate of drug-likeness (QED) is 0.595. The number of benzene rings is 1. The molecule has 1 atom stereocenters. The van der Waals surface area contributed by atoms with Crippen molar-refractivity contribution in [2.45, 2.75) is 38.6 Å². The van der Waals surface area contributed by atoms with E-state index < -0.39 is 0 Å². The Morgan fingerprint density at radius 3 is 2.96 bits per heavy atom. The van der Waals surface area contributed by atoms with Crippen LogP contribution in [0, 0.1) is 6.92 Å². The van der Waals surface area contributed by atoms with E-state index in [-0.39, 0.29) is 18.4 Å². The van der Waals surface area contributed by atoms with Crippen LogP contribution in [0.2, 0.25) is 5.02 Å². The van der Waals surface area contributed by atoms with Crippen molar-refractivity contribution >= 4 is 28.8 Å². The third kappa shape index (κ3) is 3.94. The van der Waals surface area contributed by atoms with Crippen molar-refractivity contribution in [2.24, 2.45) is 0 Å². The Morgan fingerprint density at radius 1 is 1.33 bits per heavy atom. The van der Waals surface area contributed by atoms with Crippen LogP contribution in [-0.4, -0.2) is 28.4 Å². The Balaban J connectivity index is 1.47. The highest BCUT2D eigenvalue weighted by Gasteiger charge is 2.30. The van der Waals surface area contributed by atoms with Crippen molar-refractivity contribution in [3.63, 3.8) is 0 Å². The van der Waals surface area contributed by atoms with Gasteiger partial charge in [-0.05, 0) is 49.3 Å². The summed E-state index contributed by atoms with van der Waals surface area (Å²) in [6, 6.07) is 12.0. The maximum atomic E-state index is 13.0. The average molecular weight is 401 g/mol. The van der Waals surface area contributed by atoms with Gasteiger partial charge in [-0.25, -0.2) is 4.98 Å². The summed E-state index contributed by atoms with van der Waals surface area (Å²) in [7, 11) is 0. The number of carbonyl (C=O) groups is 1. The summed E-state index contributed by atoms with van der Waals surface area (Å²) in [5.74, 6) is 1.42. The van der Waals surface area contributed by atoms with Gasteiger partial charge in [0.25, 0.3) is 0 Å². The average Bonchev–Trinajstić information content (AvgIpc) is 3.39. The molecular weight excluding hydrogens is 380 g/mol. The van der Waals surface area contributed by atoms with Gasteiger partial charge in [0.15, 0.2) is 0 Å². The van der Waals surface area contributed by atoms with Gasteiger partial charge in [0.05, 0.1) is 17.0 Å². The van der Waals surface area contributed by atoms with Crippen LogP contribution in [0.3, 0.4) is 0 Å². The lowest BCUT2D eigenvalue weighted by atomic mass is 10.0. The number of hydrogen-bond acceptors (Lipinski definition) is 4. The van der Waals surface area contributed by atoms with E-state index >= 15 is 0 Å². The van der Waals surface area contributed by atoms with Crippen LogP contribution in [0.1, 0.15) is 29.9 Å². The molecule has 0 aliphatic carbocycles. The summed E-state index contributed by atoms with van der Waals surface area (Å²) in [4.78, 5) is 20.5. The number of hydrogen-bond donors (Lipinski definition) is 0. The first-order valence-corrected chi connectivity index (χ1v) is 10.4. The lowest BCUT2D eigenvalue weighted by molar-refractivity contribution is -0.131. The van der Waals surface area contributed by atoms with E-state index in [1.807, 2.05) is 53.6 Å². The van der Waals surface area contributed by atoms with E-state index in [1.54, 1.807) is 11.3 Å². The molecule has 0 bridgehead atoms. The van der Waals surface area contributed by atoms with Crippen molar-refractivity contribution < 1.29 is 9.21 Å². The molecule has 2 aromatic heterocycles. The fourth-order valence-electron chi connectivity index (χ4n) is 3.64. The Hall–Kier alpha value is -2.11. The molecule has 3 aromatic rings. The molecule has 1 aliphatic rings. The van der Waals surface area contributed by atoms with Gasteiger partial charge in [0.2, 0.25) is 11.8 Å². The Bertz CT molecular complexity index is 936. The van der Waals surface area contributed by atoms with Crippen LogP contribution >= 0.6 is 22.9 Å². The van der Waals surface area contributed by atoms with Gasteiger partial charge in [-0.3, -0.25) is 4.79 Å². The predicted molar refractivity (Wildman–Crippen MR) is 108 cm³/mol. The SMILES string of the molecule is Cc1oc(-c2cccs2)nc1CC(=O)N1CCCC1Cc1ccccc1Cl. The van der Waals surface area contributed by atoms with Crippen LogP contribution in [0.15, 0.2) is 46.2 Å². The Kier molecular flexibility index (Phi) is 5.32. The van der Waals surface area contributed by atoms with E-state index in [4.69, 9.17) is 16.0 Å². The molecular formula is C21H21ClN2O2S. The van der Waals surface area contributed by atoms with Gasteiger partial charge in [-0.15, -0.1) is 11.3 Å². The summed E-state index contributed by atoms with van der Waals surface area (Å²) in [5.41, 5.74) is 1.83. The molecule has 27 heavy (non-hydrogen) atoms. The molecule has 0 saturated carbocycles. The summed E-state index contributed by atoms with van der Waals surface area (Å²) >= 11 is 7.89. The minimum Gasteiger partial charge on any atom is -0.440 e. The molecule has 1 saturated heterocycles. The van der Waals surface area contributed by atoms with Crippen molar-refractivity contribution in [1.82, 2.24) is 9.88 Å². The molecule has 6 heteroatoms. The molecule has 4 nitrogen and oxygen atoms in total. The highest BCUT2D eigenvalue weighted by molar-refractivity contribution is 7.13. The first-order chi connectivity index (χ1) is 13.1. The number of likely N-dealkylation sites (tertiary alicyclic amines) is 1. The van der Waals surface area contributed by atoms with E-state index in [2.05, 4.69) is 4.98 Å². The molecule has 1 aromatic carbocycles. The number of amides is 1. The highest BCUT2D eigenvalue weighted by Crippen LogP contribution is 2.28. The van der Waals surface area contributed by atoms with Crippen molar-refractivity contribution in [2.75, 3.05) is 6.54 Å². The molecule has 3 heterocycles. The number of rotatable bonds is 5. The topological polar surface area (TPSA) is 46.3 Å². The zero-order chi connectivity index (χ0) is 18.8. The summed E-state index contributed by atoms with van der Waals surface area (Å²) in [6.45, 7) is 2.67. The number of aromatic nitrogens is 1. The first kappa shape index (κ1) is 18.3. The second-order valence-corrected chi connectivity index (χ2v) is 8.21. The molecule has 0 spiro atoms. The maximum absolute atomic E-state index is 13.0. The van der Waals surface area contributed by atoms with E-state index in [1.165, 1.54) is 0 Å². The molecule has 0 N–H and O–H groups in total. The maximum Gasteiger partial charge on any atom is 0.236 e. The van der Waals surface area contributed by atoms with Crippen LogP contribution < -0.4 is 0 Å². The normalized spacial score (nSPS) is 16.8. The van der Waals surface area contributed by atoms with Gasteiger partial charge < -0.3 is 9.32 Å². The zero-order valence-electron chi connectivity index (χ0n) is 15.2. The van der Waals surface area contributed by atoms with Gasteiger partial charge in [0.1, 0.15) is 5.76 Å². The van der Waals surface area contributed by atoms with E-state index in [9.17, 15) is 4.79 Å². The molecule has 0 radical (unpaired) electrons. The van der Waals surface area contributed by atoms with Crippen molar-refractivity contribution in [1.29, 1.82) is 0 Å². The zero-order valence-corrected chi connectivity index (χ0v) is 16.7. The van der Waals surface area contributed by atoms with Gasteiger partial charge in [-0.1, -0.05) is 35.9 Å². The smallest absolute Gasteiger partial charge is 0.236 e. The van der Waals surface area contributed by atoms with Crippen LogP contribution in [-0.2, 0) is 17.6 Å². The predicted octanol–water partition coefficient (Wildman–Crippen LogP) is 5.14. The molecule has 1 unspecified atom stereocenters. The fraction of sp³-hybridized carbons (Fsp3) is 0.333. The second kappa shape index (κ2) is 7.87. The van der Waals surface area contributed by atoms with Crippen molar-refractivity contribution in [3.05, 3.63) is 63.8 Å². The summed E-state index contributed by atoms with van der Waals surface area (Å²) in [5, 5.41) is 2.76. The third-order valence-electron chi connectivity index (χ3n) is 5.05. The lowest BCUT2D eigenvalue weighted by Gasteiger charge is -2.25. The Labute approximate surface area is 167 Å². The van der Waals surface area contributed by atoms with Gasteiger partial charge in [0, 0.05) is 17.6 Å². The molecule has 1 amide bonds. The summed E-state index contributed by atoms with van der Waals surface area (Å²) in [6.07, 6.45) is 3.11. The van der Waals surface area contributed by atoms with Crippen LogP contribution in [0.25, 0.3) is 10.8 Å². The number of oxazole rings is 1. The minimum absolute atomic E-state index is 0.110. The molecule has 1 aliphatic heterocycles. The highest BCUT2D eigenvalue weighted by atomic mass is 35.5. The number of halogens is 1. The number of nitrogens with zero attached hydrogens (tertiary/aromatic N) is 2. The molecule has 4 rings (SSSR count). The Morgan fingerprint density at radius 2 is 2.19 bits per heavy atom. The molecule has 140 valence electrons. The number of aryl methyl sites for hydroxylation is 1. The standard InChI is InChI=1S/C21H21ClN2O2S/c1-14-18(23-21(26-14)19-9-5-11-27-19)13-20(25)24-10-4-7-16(24)12-15-6-2-3-8-17(15)22/h2-3,5-6,8-9,11,16H,4,7,10,12-13H2,1H3. The van der Waals surface area contributed by atoms with Gasteiger partial charge >= 0.3 is 0 Å². The van der Waals surface area contributed by atoms with Crippen LogP contribution in [0.4, 0.5) is 0 Å². The van der Waals surface area contributed by atoms with Crippen molar-refractivity contribution in [3.8, 4) is 10.8 Å². The summed E-state index contributed by atoms with van der Waals surface area (Å²) < 4.78 is 5.77. The fourth-order valence-corrected chi connectivity index (χ4v) is 4.50. The lowest BCUT2D eigenvalue weighted by Crippen LogP contribution is -2.38. The third-order valence-corrected chi connectivity index (χ3v) is 6.28. The van der Waals surface area contributed by atoms with E-state index in [0.717, 1.165) is 47.0 Å². The first-order valence-electron chi connectivity index (χ1n) is 9.15. The number of thiophene rings is 1. The second-order valence-electron chi connectivity index (χ2n) is 6.85. The monoisotopic (exact) mass is 400 g/mol. The van der Waals surface area contributed by atoms with E-state index in [0.29, 0.717) is 11.7 Å². The van der Waals surface area contributed by atoms with Crippen LogP contribution in [0.5, 0.6) is 0 Å². The van der Waals surface area contributed by atoms with Gasteiger partial charge in [-0.2, -0.15) is 0 Å². The molecule has 1 fully saturated rings. The number of carbonyl (C=O) groups excluding carboxylic acids is 1. The largest absolute Gasteiger partial charge is 0.440 e. The minimum atomic E-state index is 0.110.